The van der Waals surface area contributed by atoms with Gasteiger partial charge in [-0.25, -0.2) is 19.0 Å². The fourth-order valence-corrected chi connectivity index (χ4v) is 5.28. The molecule has 232 valence electrons. The Labute approximate surface area is 250 Å². The van der Waals surface area contributed by atoms with Gasteiger partial charge in [-0.05, 0) is 24.1 Å². The summed E-state index contributed by atoms with van der Waals surface area (Å²) in [4.78, 5) is 40.2. The maximum Gasteiger partial charge on any atom is 0.350 e. The Bertz CT molecular complexity index is 1470. The van der Waals surface area contributed by atoms with Gasteiger partial charge in [0.25, 0.3) is 5.60 Å². The summed E-state index contributed by atoms with van der Waals surface area (Å²) in [7, 11) is 0. The lowest BCUT2D eigenvalue weighted by molar-refractivity contribution is -0.194. The summed E-state index contributed by atoms with van der Waals surface area (Å²) in [6.07, 6.45) is -5.73. The van der Waals surface area contributed by atoms with Crippen LogP contribution in [-0.4, -0.2) is 117 Å². The molecule has 2 saturated heterocycles. The van der Waals surface area contributed by atoms with Gasteiger partial charge < -0.3 is 34.9 Å². The number of aliphatic hydroxyl groups excluding tert-OH is 1. The van der Waals surface area contributed by atoms with Crippen LogP contribution in [0.5, 0.6) is 0 Å². The van der Waals surface area contributed by atoms with Crippen LogP contribution in [0.2, 0.25) is 5.28 Å². The van der Waals surface area contributed by atoms with Crippen LogP contribution in [0.25, 0.3) is 11.2 Å². The Morgan fingerprint density at radius 1 is 1.28 bits per heavy atom. The van der Waals surface area contributed by atoms with Crippen molar-refractivity contribution in [2.75, 3.05) is 51.8 Å². The van der Waals surface area contributed by atoms with Gasteiger partial charge in [-0.1, -0.05) is 29.8 Å². The third-order valence-corrected chi connectivity index (χ3v) is 7.61. The van der Waals surface area contributed by atoms with E-state index in [2.05, 4.69) is 15.0 Å². The lowest BCUT2D eigenvalue weighted by Crippen LogP contribution is -2.54. The number of carboxylic acids is 1. The predicted octanol–water partition coefficient (Wildman–Crippen LogP) is 0.925. The molecule has 0 radical (unpaired) electrons. The summed E-state index contributed by atoms with van der Waals surface area (Å²) in [6.45, 7) is 3.87. The molecule has 2 aromatic heterocycles. The van der Waals surface area contributed by atoms with Gasteiger partial charge in [0, 0.05) is 26.1 Å². The van der Waals surface area contributed by atoms with Crippen molar-refractivity contribution in [1.29, 1.82) is 0 Å². The number of nitrogens with two attached hydrogens (primary N) is 1. The summed E-state index contributed by atoms with van der Waals surface area (Å²) < 4.78 is 38.9. The highest BCUT2D eigenvalue weighted by Gasteiger charge is 2.52. The number of anilines is 1. The molecule has 3 aromatic rings. The number of imidazole rings is 1. The number of nitrogens with zero attached hydrogens (tertiary/aromatic N) is 5. The molecule has 0 saturated carbocycles. The van der Waals surface area contributed by atoms with Crippen LogP contribution in [0.1, 0.15) is 17.4 Å². The molecule has 4 heterocycles. The highest BCUT2D eigenvalue weighted by molar-refractivity contribution is 6.28. The van der Waals surface area contributed by atoms with Crippen molar-refractivity contribution >= 4 is 40.5 Å². The first-order chi connectivity index (χ1) is 20.6. The Balaban J connectivity index is 1.35. The molecule has 2 fully saturated rings. The van der Waals surface area contributed by atoms with E-state index in [9.17, 15) is 19.8 Å². The van der Waals surface area contributed by atoms with Gasteiger partial charge in [0.1, 0.15) is 24.3 Å². The molecule has 4 N–H and O–H groups in total. The number of aromatic nitrogens is 4. The molecule has 5 atom stereocenters. The number of nitrogen functional groups attached to an aromatic ring is 1. The van der Waals surface area contributed by atoms with Gasteiger partial charge in [0.2, 0.25) is 5.28 Å². The van der Waals surface area contributed by atoms with E-state index in [1.165, 1.54) is 10.9 Å². The van der Waals surface area contributed by atoms with Crippen molar-refractivity contribution in [3.8, 4) is 0 Å². The minimum Gasteiger partial charge on any atom is -0.479 e. The number of benzene rings is 1. The number of morpholine rings is 1. The van der Waals surface area contributed by atoms with Crippen LogP contribution in [0.15, 0.2) is 30.6 Å². The van der Waals surface area contributed by atoms with Crippen LogP contribution >= 0.6 is 11.6 Å². The number of carbonyl (C=O) groups excluding carboxylic acids is 1. The molecule has 1 unspecified atom stereocenters. The van der Waals surface area contributed by atoms with Gasteiger partial charge in [-0.3, -0.25) is 9.47 Å². The summed E-state index contributed by atoms with van der Waals surface area (Å²) in [5, 5.41) is 20.9. The van der Waals surface area contributed by atoms with E-state index in [4.69, 9.17) is 36.3 Å². The number of hydrogen-bond acceptors (Lipinski definition) is 12. The Kier molecular flexibility index (Phi) is 9.39. The molecule has 16 heteroatoms. The van der Waals surface area contributed by atoms with Crippen molar-refractivity contribution in [3.63, 3.8) is 0 Å². The second kappa shape index (κ2) is 13.0. The zero-order chi connectivity index (χ0) is 30.7. The number of aliphatic carboxylic acids is 1. The SMILES string of the molecule is Cc1cccc(CC(OC[C@H]2O[C@@H](n3cnc4c(N)nc(Cl)nc43)[C@@H](F)[C@@H]2O)(C(=O)O)C(=O)OCCN2CCOCC2)c1. The topological polar surface area (TPSA) is 184 Å². The summed E-state index contributed by atoms with van der Waals surface area (Å²) in [5.41, 5.74) is 4.89. The normalized spacial score (nSPS) is 24.2. The largest absolute Gasteiger partial charge is 0.479 e. The Morgan fingerprint density at radius 2 is 2.05 bits per heavy atom. The molecule has 2 aliphatic heterocycles. The lowest BCUT2D eigenvalue weighted by Gasteiger charge is -2.30. The number of hydrogen-bond donors (Lipinski definition) is 3. The fraction of sp³-hybridized carbons (Fsp3) is 0.519. The van der Waals surface area contributed by atoms with Crippen molar-refractivity contribution in [3.05, 3.63) is 47.0 Å². The smallest absolute Gasteiger partial charge is 0.350 e. The molecule has 2 aliphatic rings. The van der Waals surface area contributed by atoms with Gasteiger partial charge in [-0.15, -0.1) is 0 Å². The van der Waals surface area contributed by atoms with Crippen LogP contribution in [0.4, 0.5) is 10.2 Å². The van der Waals surface area contributed by atoms with Crippen molar-refractivity contribution in [2.24, 2.45) is 0 Å². The molecular weight excluding hydrogens is 591 g/mol. The maximum atomic E-state index is 15.4. The number of rotatable bonds is 11. The van der Waals surface area contributed by atoms with Gasteiger partial charge in [0.15, 0.2) is 23.9 Å². The number of carboxylic acid groups (broad SMARTS) is 1. The zero-order valence-electron chi connectivity index (χ0n) is 23.3. The van der Waals surface area contributed by atoms with Crippen LogP contribution in [0.3, 0.4) is 0 Å². The Morgan fingerprint density at radius 3 is 2.77 bits per heavy atom. The molecule has 0 amide bonds. The number of alkyl halides is 1. The molecule has 1 aromatic carbocycles. The standard InChI is InChI=1S/C27H32ClFN6O8/c1-15-3-2-4-16(11-15)12-27(24(37)38,25(39)41-10-7-34-5-8-40-9-6-34)42-13-17-20(36)18(29)23(43-17)35-14-31-19-21(30)32-26(28)33-22(19)35/h2-4,11,14,17-18,20,23,36H,5-10,12-13H2,1H3,(H,37,38)(H2,30,32,33)/t17-,18+,20-,23-,27?/m1/s1. The van der Waals surface area contributed by atoms with E-state index in [-0.39, 0.29) is 35.3 Å². The number of esters is 1. The van der Waals surface area contributed by atoms with E-state index in [0.717, 1.165) is 5.56 Å². The van der Waals surface area contributed by atoms with Crippen molar-refractivity contribution in [2.45, 2.75) is 43.6 Å². The van der Waals surface area contributed by atoms with E-state index in [0.29, 0.717) is 38.4 Å². The summed E-state index contributed by atoms with van der Waals surface area (Å²) in [6, 6.07) is 6.93. The Hall–Kier alpha value is -3.47. The van der Waals surface area contributed by atoms with E-state index >= 15 is 4.39 Å². The predicted molar refractivity (Wildman–Crippen MR) is 149 cm³/mol. The minimum absolute atomic E-state index is 0.0305. The molecular formula is C27H32ClFN6O8. The molecule has 5 rings (SSSR count). The third kappa shape index (κ3) is 6.56. The second-order valence-electron chi connectivity index (χ2n) is 10.4. The number of aryl methyl sites for hydroxylation is 1. The first kappa shape index (κ1) is 31.0. The molecule has 14 nitrogen and oxygen atoms in total. The van der Waals surface area contributed by atoms with Crippen LogP contribution in [-0.2, 0) is 35.0 Å². The highest BCUT2D eigenvalue weighted by Crippen LogP contribution is 2.35. The lowest BCUT2D eigenvalue weighted by atomic mass is 9.93. The molecule has 0 aliphatic carbocycles. The van der Waals surface area contributed by atoms with Crippen LogP contribution in [0, 0.1) is 6.92 Å². The van der Waals surface area contributed by atoms with Gasteiger partial charge in [0.05, 0.1) is 26.1 Å². The number of carbonyl (C=O) groups is 2. The fourth-order valence-electron chi connectivity index (χ4n) is 5.11. The first-order valence-electron chi connectivity index (χ1n) is 13.6. The maximum absolute atomic E-state index is 15.4. The van der Waals surface area contributed by atoms with E-state index in [1.807, 2.05) is 17.9 Å². The van der Waals surface area contributed by atoms with E-state index in [1.54, 1.807) is 18.2 Å². The number of aliphatic hydroxyl groups is 1. The van der Waals surface area contributed by atoms with Crippen LogP contribution < -0.4 is 5.73 Å². The molecule has 0 bridgehead atoms. The zero-order valence-corrected chi connectivity index (χ0v) is 24.0. The summed E-state index contributed by atoms with van der Waals surface area (Å²) in [5.74, 6) is -2.76. The van der Waals surface area contributed by atoms with Gasteiger partial charge >= 0.3 is 11.9 Å². The number of fused-ring (bicyclic) bond motifs is 1. The van der Waals surface area contributed by atoms with E-state index < -0.39 is 48.8 Å². The average molecular weight is 623 g/mol. The number of ether oxygens (including phenoxy) is 4. The summed E-state index contributed by atoms with van der Waals surface area (Å²) >= 11 is 5.91. The highest BCUT2D eigenvalue weighted by atomic mass is 35.5. The van der Waals surface area contributed by atoms with Gasteiger partial charge in [-0.2, -0.15) is 9.97 Å². The third-order valence-electron chi connectivity index (χ3n) is 7.44. The first-order valence-corrected chi connectivity index (χ1v) is 14.0. The average Bonchev–Trinajstić information content (AvgIpc) is 3.51. The monoisotopic (exact) mass is 622 g/mol. The molecule has 43 heavy (non-hydrogen) atoms. The second-order valence-corrected chi connectivity index (χ2v) is 10.7. The van der Waals surface area contributed by atoms with Crippen molar-refractivity contribution < 1.29 is 43.1 Å². The minimum atomic E-state index is -2.51. The number of halogens is 2. The quantitative estimate of drug-likeness (QED) is 0.156. The van der Waals surface area contributed by atoms with Crippen molar-refractivity contribution in [1.82, 2.24) is 24.4 Å². The molecule has 0 spiro atoms.